The Hall–Kier alpha value is -2.62. The Morgan fingerprint density at radius 2 is 1.46 bits per heavy atom. The minimum absolute atomic E-state index is 0.0362. The maximum absolute atomic E-state index is 12.4. The molecule has 2 aromatic carbocycles. The van der Waals surface area contributed by atoms with Gasteiger partial charge in [-0.1, -0.05) is 31.5 Å². The fraction of sp³-hybridized carbons (Fsp3) is 0.364. The molecule has 0 atom stereocenters. The Balaban J connectivity index is 1.54. The summed E-state index contributed by atoms with van der Waals surface area (Å²) in [4.78, 5) is 24.6. The first-order chi connectivity index (χ1) is 12.7. The number of carbonyl (C=O) groups is 2. The molecule has 1 fully saturated rings. The van der Waals surface area contributed by atoms with E-state index in [0.29, 0.717) is 16.8 Å². The molecule has 0 unspecified atom stereocenters. The van der Waals surface area contributed by atoms with Gasteiger partial charge in [0.1, 0.15) is 0 Å². The van der Waals surface area contributed by atoms with Gasteiger partial charge >= 0.3 is 0 Å². The molecule has 0 bridgehead atoms. The van der Waals surface area contributed by atoms with Gasteiger partial charge in [-0.2, -0.15) is 0 Å². The molecule has 0 aliphatic heterocycles. The van der Waals surface area contributed by atoms with Crippen LogP contribution in [0.1, 0.15) is 59.7 Å². The lowest BCUT2D eigenvalue weighted by Crippen LogP contribution is -2.37. The first-order valence-corrected chi connectivity index (χ1v) is 9.43. The molecule has 0 saturated heterocycles. The second-order valence-electron chi connectivity index (χ2n) is 7.00. The molecule has 0 aromatic heterocycles. The van der Waals surface area contributed by atoms with E-state index < -0.39 is 0 Å². The predicted octanol–water partition coefficient (Wildman–Crippen LogP) is 4.64. The number of carbonyl (C=O) groups excluding carboxylic acids is 2. The van der Waals surface area contributed by atoms with E-state index in [2.05, 4.69) is 17.6 Å². The van der Waals surface area contributed by atoms with Gasteiger partial charge in [-0.25, -0.2) is 0 Å². The number of rotatable bonds is 5. The van der Waals surface area contributed by atoms with Gasteiger partial charge in [0.05, 0.1) is 0 Å². The van der Waals surface area contributed by atoms with E-state index in [0.717, 1.165) is 18.8 Å². The Morgan fingerprint density at radius 3 is 2.08 bits per heavy atom. The smallest absolute Gasteiger partial charge is 0.255 e. The Labute approximate surface area is 155 Å². The minimum Gasteiger partial charge on any atom is -0.349 e. The van der Waals surface area contributed by atoms with Crippen LogP contribution < -0.4 is 10.6 Å². The van der Waals surface area contributed by atoms with Gasteiger partial charge in [0, 0.05) is 22.9 Å². The fourth-order valence-corrected chi connectivity index (χ4v) is 3.48. The predicted molar refractivity (Wildman–Crippen MR) is 104 cm³/mol. The summed E-state index contributed by atoms with van der Waals surface area (Å²) >= 11 is 0. The number of hydrogen-bond acceptors (Lipinski definition) is 2. The van der Waals surface area contributed by atoms with Crippen LogP contribution in [0.25, 0.3) is 0 Å². The summed E-state index contributed by atoms with van der Waals surface area (Å²) in [7, 11) is 0. The van der Waals surface area contributed by atoms with E-state index >= 15 is 0 Å². The van der Waals surface area contributed by atoms with Gasteiger partial charge in [-0.05, 0) is 68.0 Å². The Morgan fingerprint density at radius 1 is 0.846 bits per heavy atom. The molecule has 1 aliphatic carbocycles. The molecule has 3 rings (SSSR count). The molecule has 1 aliphatic rings. The number of nitrogens with one attached hydrogen (secondary N) is 2. The zero-order valence-electron chi connectivity index (χ0n) is 15.2. The van der Waals surface area contributed by atoms with E-state index in [-0.39, 0.29) is 17.9 Å². The van der Waals surface area contributed by atoms with Crippen molar-refractivity contribution in [2.45, 2.75) is 45.1 Å². The third-order valence-corrected chi connectivity index (χ3v) is 5.20. The highest BCUT2D eigenvalue weighted by Crippen LogP contribution is 2.26. The zero-order chi connectivity index (χ0) is 18.4. The molecule has 1 saturated carbocycles. The van der Waals surface area contributed by atoms with Crippen molar-refractivity contribution in [3.63, 3.8) is 0 Å². The summed E-state index contributed by atoms with van der Waals surface area (Å²) in [6, 6.07) is 16.4. The van der Waals surface area contributed by atoms with Crippen LogP contribution in [0.15, 0.2) is 54.6 Å². The Bertz CT molecular complexity index is 732. The second-order valence-corrected chi connectivity index (χ2v) is 7.00. The van der Waals surface area contributed by atoms with E-state index in [4.69, 9.17) is 0 Å². The highest BCUT2D eigenvalue weighted by molar-refractivity contribution is 6.04. The van der Waals surface area contributed by atoms with E-state index in [1.165, 1.54) is 19.3 Å². The maximum Gasteiger partial charge on any atom is 0.255 e. The fourth-order valence-electron chi connectivity index (χ4n) is 3.48. The van der Waals surface area contributed by atoms with Crippen LogP contribution >= 0.6 is 0 Å². The molecule has 26 heavy (non-hydrogen) atoms. The maximum atomic E-state index is 12.4. The monoisotopic (exact) mass is 350 g/mol. The lowest BCUT2D eigenvalue weighted by atomic mass is 9.84. The Kier molecular flexibility index (Phi) is 6.05. The van der Waals surface area contributed by atoms with Gasteiger partial charge < -0.3 is 10.6 Å². The van der Waals surface area contributed by atoms with Crippen molar-refractivity contribution in [1.29, 1.82) is 0 Å². The van der Waals surface area contributed by atoms with Crippen LogP contribution in [-0.2, 0) is 0 Å². The van der Waals surface area contributed by atoms with Crippen LogP contribution in [0, 0.1) is 5.92 Å². The summed E-state index contributed by atoms with van der Waals surface area (Å²) in [5, 5.41) is 5.99. The SMILES string of the molecule is CCC1CCC(NC(=O)c2ccc(NC(=O)c3ccccc3)cc2)CC1. The van der Waals surface area contributed by atoms with Crippen molar-refractivity contribution >= 4 is 17.5 Å². The van der Waals surface area contributed by atoms with Crippen LogP contribution in [0.3, 0.4) is 0 Å². The number of amides is 2. The number of benzene rings is 2. The molecular formula is C22H26N2O2. The van der Waals surface area contributed by atoms with Gasteiger partial charge in [0.15, 0.2) is 0 Å². The van der Waals surface area contributed by atoms with Crippen LogP contribution in [0.4, 0.5) is 5.69 Å². The van der Waals surface area contributed by atoms with Crippen molar-refractivity contribution in [1.82, 2.24) is 5.32 Å². The molecule has 2 amide bonds. The molecule has 4 nitrogen and oxygen atoms in total. The first-order valence-electron chi connectivity index (χ1n) is 9.43. The summed E-state index contributed by atoms with van der Waals surface area (Å²) in [6.45, 7) is 2.24. The molecule has 4 heteroatoms. The van der Waals surface area contributed by atoms with Gasteiger partial charge in [0.2, 0.25) is 0 Å². The highest BCUT2D eigenvalue weighted by Gasteiger charge is 2.21. The zero-order valence-corrected chi connectivity index (χ0v) is 15.2. The van der Waals surface area contributed by atoms with Crippen LogP contribution in [0.2, 0.25) is 0 Å². The lowest BCUT2D eigenvalue weighted by Gasteiger charge is -2.28. The van der Waals surface area contributed by atoms with Crippen molar-refractivity contribution in [2.24, 2.45) is 5.92 Å². The summed E-state index contributed by atoms with van der Waals surface area (Å²) in [5.41, 5.74) is 1.91. The average Bonchev–Trinajstić information content (AvgIpc) is 2.69. The van der Waals surface area contributed by atoms with E-state index in [1.54, 1.807) is 36.4 Å². The van der Waals surface area contributed by atoms with Gasteiger partial charge in [-0.15, -0.1) is 0 Å². The van der Waals surface area contributed by atoms with E-state index in [9.17, 15) is 9.59 Å². The summed E-state index contributed by atoms with van der Waals surface area (Å²) in [6.07, 6.45) is 5.76. The van der Waals surface area contributed by atoms with Crippen molar-refractivity contribution in [2.75, 3.05) is 5.32 Å². The third-order valence-electron chi connectivity index (χ3n) is 5.20. The number of anilines is 1. The molecule has 0 spiro atoms. The summed E-state index contributed by atoms with van der Waals surface area (Å²) in [5.74, 6) is 0.622. The first kappa shape index (κ1) is 18.2. The summed E-state index contributed by atoms with van der Waals surface area (Å²) < 4.78 is 0. The molecule has 2 N–H and O–H groups in total. The third kappa shape index (κ3) is 4.72. The van der Waals surface area contributed by atoms with Crippen LogP contribution in [0.5, 0.6) is 0 Å². The van der Waals surface area contributed by atoms with Crippen molar-refractivity contribution in [3.05, 3.63) is 65.7 Å². The largest absolute Gasteiger partial charge is 0.349 e. The van der Waals surface area contributed by atoms with Crippen molar-refractivity contribution in [3.8, 4) is 0 Å². The normalized spacial score (nSPS) is 19.6. The highest BCUT2D eigenvalue weighted by atomic mass is 16.2. The molecule has 136 valence electrons. The molecule has 0 heterocycles. The van der Waals surface area contributed by atoms with Crippen molar-refractivity contribution < 1.29 is 9.59 Å². The topological polar surface area (TPSA) is 58.2 Å². The minimum atomic E-state index is -0.157. The quantitative estimate of drug-likeness (QED) is 0.825. The number of hydrogen-bond donors (Lipinski definition) is 2. The average molecular weight is 350 g/mol. The second kappa shape index (κ2) is 8.65. The molecule has 2 aromatic rings. The standard InChI is InChI=1S/C22H26N2O2/c1-2-16-8-12-19(13-9-16)23-22(26)18-10-14-20(15-11-18)24-21(25)17-6-4-3-5-7-17/h3-7,10-11,14-16,19H,2,8-9,12-13H2,1H3,(H,23,26)(H,24,25). The van der Waals surface area contributed by atoms with Crippen LogP contribution in [-0.4, -0.2) is 17.9 Å². The molecular weight excluding hydrogens is 324 g/mol. The van der Waals surface area contributed by atoms with Gasteiger partial charge in [0.25, 0.3) is 11.8 Å². The van der Waals surface area contributed by atoms with Gasteiger partial charge in [-0.3, -0.25) is 9.59 Å². The molecule has 0 radical (unpaired) electrons. The van der Waals surface area contributed by atoms with E-state index in [1.807, 2.05) is 18.2 Å². The lowest BCUT2D eigenvalue weighted by molar-refractivity contribution is 0.0921.